The Labute approximate surface area is 224 Å². The second-order valence-electron chi connectivity index (χ2n) is 7.40. The van der Waals surface area contributed by atoms with Crippen LogP contribution in [0.2, 0.25) is 5.02 Å². The summed E-state index contributed by atoms with van der Waals surface area (Å²) in [6.45, 7) is 2.57. The minimum Gasteiger partial charge on any atom is -0.487 e. The maximum absolute atomic E-state index is 12.5. The molecular formula is C25H21BrClIN2O2S. The second kappa shape index (κ2) is 11.2. The SMILES string of the molecule is CCc1ccc(N[C@@H]2NC(=O)/C(=C/c3cc(Br)c(OCc4ccc(Cl)cc4)c(I)c3)S2)cc1. The molecule has 0 spiro atoms. The molecule has 170 valence electrons. The Hall–Kier alpha value is -1.68. The molecule has 1 heterocycles. The molecule has 3 aromatic rings. The maximum Gasteiger partial charge on any atom is 0.260 e. The number of rotatable bonds is 7. The number of nitrogens with one attached hydrogen (secondary N) is 2. The van der Waals surface area contributed by atoms with Gasteiger partial charge in [0.2, 0.25) is 0 Å². The largest absolute Gasteiger partial charge is 0.487 e. The molecule has 1 amide bonds. The lowest BCUT2D eigenvalue weighted by Crippen LogP contribution is -2.30. The van der Waals surface area contributed by atoms with Gasteiger partial charge < -0.3 is 15.4 Å². The Morgan fingerprint density at radius 1 is 1.15 bits per heavy atom. The Balaban J connectivity index is 1.43. The van der Waals surface area contributed by atoms with Gasteiger partial charge in [0.25, 0.3) is 5.91 Å². The Morgan fingerprint density at radius 2 is 1.85 bits per heavy atom. The molecule has 0 radical (unpaired) electrons. The summed E-state index contributed by atoms with van der Waals surface area (Å²) in [4.78, 5) is 13.2. The van der Waals surface area contributed by atoms with Gasteiger partial charge in [-0.2, -0.15) is 0 Å². The Bertz CT molecular complexity index is 1160. The fourth-order valence-electron chi connectivity index (χ4n) is 3.24. The van der Waals surface area contributed by atoms with E-state index in [9.17, 15) is 4.79 Å². The zero-order valence-corrected chi connectivity index (χ0v) is 23.0. The molecule has 0 aromatic heterocycles. The van der Waals surface area contributed by atoms with Crippen molar-refractivity contribution >= 4 is 79.6 Å². The van der Waals surface area contributed by atoms with Crippen LogP contribution in [0, 0.1) is 3.57 Å². The number of anilines is 1. The van der Waals surface area contributed by atoms with E-state index in [1.807, 2.05) is 54.6 Å². The van der Waals surface area contributed by atoms with Gasteiger partial charge in [-0.3, -0.25) is 4.79 Å². The third kappa shape index (κ3) is 6.47. The van der Waals surface area contributed by atoms with Crippen LogP contribution >= 0.6 is 61.9 Å². The van der Waals surface area contributed by atoms with Crippen LogP contribution in [0.5, 0.6) is 5.75 Å². The van der Waals surface area contributed by atoms with Crippen molar-refractivity contribution in [3.8, 4) is 5.75 Å². The third-order valence-electron chi connectivity index (χ3n) is 5.01. The Morgan fingerprint density at radius 3 is 2.52 bits per heavy atom. The third-order valence-corrected chi connectivity index (χ3v) is 7.68. The molecule has 1 saturated heterocycles. The molecule has 0 unspecified atom stereocenters. The van der Waals surface area contributed by atoms with Crippen molar-refractivity contribution in [3.63, 3.8) is 0 Å². The van der Waals surface area contributed by atoms with Gasteiger partial charge in [-0.05, 0) is 104 Å². The molecule has 0 bridgehead atoms. The van der Waals surface area contributed by atoms with Crippen molar-refractivity contribution in [1.29, 1.82) is 0 Å². The highest BCUT2D eigenvalue weighted by Crippen LogP contribution is 2.35. The summed E-state index contributed by atoms with van der Waals surface area (Å²) in [5.74, 6) is 0.683. The standard InChI is InChI=1S/C25H21BrClIN2O2S/c1-2-15-5-9-19(10-6-15)29-25-30-24(31)22(33-25)13-17-11-20(26)23(21(28)12-17)32-14-16-3-7-18(27)8-4-16/h3-13,25,29H,2,14H2,1H3,(H,30,31)/b22-13-/t25-/m1/s1. The summed E-state index contributed by atoms with van der Waals surface area (Å²) in [6.07, 6.45) is 2.90. The number of amides is 1. The van der Waals surface area contributed by atoms with E-state index in [0.29, 0.717) is 16.5 Å². The zero-order chi connectivity index (χ0) is 23.4. The van der Waals surface area contributed by atoms with Crippen LogP contribution in [0.4, 0.5) is 5.69 Å². The monoisotopic (exact) mass is 654 g/mol. The minimum atomic E-state index is -0.208. The van der Waals surface area contributed by atoms with Crippen molar-refractivity contribution in [3.05, 3.63) is 95.3 Å². The number of benzene rings is 3. The summed E-state index contributed by atoms with van der Waals surface area (Å²) in [6, 6.07) is 19.8. The van der Waals surface area contributed by atoms with Crippen LogP contribution in [0.15, 0.2) is 70.0 Å². The molecule has 3 aromatic carbocycles. The van der Waals surface area contributed by atoms with E-state index in [2.05, 4.69) is 68.2 Å². The topological polar surface area (TPSA) is 50.4 Å². The number of aryl methyl sites for hydroxylation is 1. The highest BCUT2D eigenvalue weighted by molar-refractivity contribution is 14.1. The number of hydrogen-bond acceptors (Lipinski definition) is 4. The van der Waals surface area contributed by atoms with Crippen molar-refractivity contribution in [1.82, 2.24) is 5.32 Å². The number of thioether (sulfide) groups is 1. The lowest BCUT2D eigenvalue weighted by molar-refractivity contribution is -0.116. The molecule has 1 aliphatic rings. The van der Waals surface area contributed by atoms with Gasteiger partial charge in [0.05, 0.1) is 12.9 Å². The van der Waals surface area contributed by atoms with E-state index in [0.717, 1.165) is 37.0 Å². The average molecular weight is 656 g/mol. The molecule has 4 rings (SSSR count). The lowest BCUT2D eigenvalue weighted by atomic mass is 10.1. The van der Waals surface area contributed by atoms with Crippen LogP contribution in [-0.2, 0) is 17.8 Å². The quantitative estimate of drug-likeness (QED) is 0.205. The number of halogens is 3. The van der Waals surface area contributed by atoms with E-state index in [1.165, 1.54) is 17.3 Å². The lowest BCUT2D eigenvalue weighted by Gasteiger charge is -2.13. The van der Waals surface area contributed by atoms with Gasteiger partial charge in [0.1, 0.15) is 12.4 Å². The van der Waals surface area contributed by atoms with E-state index < -0.39 is 0 Å². The molecular weight excluding hydrogens is 635 g/mol. The van der Waals surface area contributed by atoms with Crippen molar-refractivity contribution in [2.24, 2.45) is 0 Å². The number of ether oxygens (including phenoxy) is 1. The molecule has 0 aliphatic carbocycles. The molecule has 2 N–H and O–H groups in total. The van der Waals surface area contributed by atoms with Crippen LogP contribution in [0.3, 0.4) is 0 Å². The molecule has 33 heavy (non-hydrogen) atoms. The highest BCUT2D eigenvalue weighted by Gasteiger charge is 2.27. The van der Waals surface area contributed by atoms with Crippen LogP contribution < -0.4 is 15.4 Å². The van der Waals surface area contributed by atoms with Gasteiger partial charge in [-0.1, -0.05) is 54.6 Å². The van der Waals surface area contributed by atoms with E-state index in [-0.39, 0.29) is 11.4 Å². The van der Waals surface area contributed by atoms with Gasteiger partial charge in [-0.15, -0.1) is 0 Å². The predicted octanol–water partition coefficient (Wildman–Crippen LogP) is 7.45. The van der Waals surface area contributed by atoms with Crippen LogP contribution in [0.25, 0.3) is 6.08 Å². The first-order valence-electron chi connectivity index (χ1n) is 10.3. The summed E-state index contributed by atoms with van der Waals surface area (Å²) in [7, 11) is 0. The summed E-state index contributed by atoms with van der Waals surface area (Å²) in [5.41, 5.74) is 4.02. The summed E-state index contributed by atoms with van der Waals surface area (Å²) >= 11 is 13.3. The fraction of sp³-hybridized carbons (Fsp3) is 0.160. The number of hydrogen-bond donors (Lipinski definition) is 2. The normalized spacial score (nSPS) is 16.7. The van der Waals surface area contributed by atoms with Gasteiger partial charge >= 0.3 is 0 Å². The first kappa shape index (κ1) is 24.4. The highest BCUT2D eigenvalue weighted by atomic mass is 127. The Kier molecular flexibility index (Phi) is 8.27. The van der Waals surface area contributed by atoms with Crippen molar-refractivity contribution in [2.45, 2.75) is 25.4 Å². The molecule has 0 saturated carbocycles. The minimum absolute atomic E-state index is 0.0862. The zero-order valence-electron chi connectivity index (χ0n) is 17.7. The average Bonchev–Trinajstić information content (AvgIpc) is 3.13. The summed E-state index contributed by atoms with van der Waals surface area (Å²) < 4.78 is 7.82. The van der Waals surface area contributed by atoms with Crippen molar-refractivity contribution < 1.29 is 9.53 Å². The number of carbonyl (C=O) groups excluding carboxylic acids is 1. The first-order valence-corrected chi connectivity index (χ1v) is 13.4. The molecule has 1 fully saturated rings. The van der Waals surface area contributed by atoms with Gasteiger partial charge in [0, 0.05) is 10.7 Å². The van der Waals surface area contributed by atoms with E-state index in [1.54, 1.807) is 0 Å². The van der Waals surface area contributed by atoms with Gasteiger partial charge in [-0.25, -0.2) is 0 Å². The van der Waals surface area contributed by atoms with Crippen molar-refractivity contribution in [2.75, 3.05) is 5.32 Å². The second-order valence-corrected chi connectivity index (χ2v) is 11.0. The van der Waals surface area contributed by atoms with Gasteiger partial charge in [0.15, 0.2) is 5.50 Å². The maximum atomic E-state index is 12.5. The van der Waals surface area contributed by atoms with E-state index >= 15 is 0 Å². The van der Waals surface area contributed by atoms with E-state index in [4.69, 9.17) is 16.3 Å². The molecule has 1 atom stereocenters. The smallest absolute Gasteiger partial charge is 0.260 e. The molecule has 4 nitrogen and oxygen atoms in total. The molecule has 8 heteroatoms. The fourth-order valence-corrected chi connectivity index (χ4v) is 6.12. The first-order chi connectivity index (χ1) is 15.9. The summed E-state index contributed by atoms with van der Waals surface area (Å²) in [5, 5.41) is 7.04. The predicted molar refractivity (Wildman–Crippen MR) is 150 cm³/mol. The van der Waals surface area contributed by atoms with Crippen LogP contribution in [0.1, 0.15) is 23.6 Å². The van der Waals surface area contributed by atoms with Crippen LogP contribution in [-0.4, -0.2) is 11.4 Å². The number of carbonyl (C=O) groups is 1. The molecule has 1 aliphatic heterocycles.